The molecule has 0 saturated carbocycles. The van der Waals surface area contributed by atoms with Gasteiger partial charge in [-0.3, -0.25) is 0 Å². The van der Waals surface area contributed by atoms with Gasteiger partial charge < -0.3 is 9.67 Å². The fourth-order valence-corrected chi connectivity index (χ4v) is 2.99. The maximum absolute atomic E-state index is 9.67. The molecule has 0 spiro atoms. The van der Waals surface area contributed by atoms with Crippen molar-refractivity contribution in [1.82, 2.24) is 4.57 Å². The molecule has 1 N–H and O–H groups in total. The van der Waals surface area contributed by atoms with Gasteiger partial charge in [-0.15, -0.1) is 0 Å². The van der Waals surface area contributed by atoms with Gasteiger partial charge in [0.1, 0.15) is 0 Å². The van der Waals surface area contributed by atoms with Gasteiger partial charge in [0, 0.05) is 28.7 Å². The Morgan fingerprint density at radius 1 is 1.05 bits per heavy atom. The topological polar surface area (TPSA) is 25.2 Å². The van der Waals surface area contributed by atoms with Crippen molar-refractivity contribution in [3.63, 3.8) is 0 Å². The lowest BCUT2D eigenvalue weighted by molar-refractivity contribution is 0.476. The van der Waals surface area contributed by atoms with Crippen molar-refractivity contribution in [3.8, 4) is 17.0 Å². The summed E-state index contributed by atoms with van der Waals surface area (Å²) in [6.45, 7) is 2.94. The van der Waals surface area contributed by atoms with Crippen molar-refractivity contribution in [2.45, 2.75) is 13.5 Å². The predicted molar refractivity (Wildman–Crippen MR) is 84.7 cm³/mol. The Morgan fingerprint density at radius 2 is 1.70 bits per heavy atom. The minimum atomic E-state index is -0.0729. The average Bonchev–Trinajstić information content (AvgIpc) is 2.82. The van der Waals surface area contributed by atoms with Gasteiger partial charge in [-0.1, -0.05) is 41.4 Å². The van der Waals surface area contributed by atoms with Crippen LogP contribution in [-0.2, 0) is 6.54 Å². The van der Waals surface area contributed by atoms with Gasteiger partial charge in [-0.05, 0) is 31.2 Å². The van der Waals surface area contributed by atoms with E-state index in [0.29, 0.717) is 0 Å². The number of rotatable bonds is 2. The predicted octanol–water partition coefficient (Wildman–Crippen LogP) is 5.34. The first-order valence-electron chi connectivity index (χ1n) is 6.38. The van der Waals surface area contributed by atoms with Crippen molar-refractivity contribution >= 4 is 34.1 Å². The molecule has 102 valence electrons. The van der Waals surface area contributed by atoms with E-state index in [4.69, 9.17) is 23.2 Å². The van der Waals surface area contributed by atoms with Crippen molar-refractivity contribution in [3.05, 3.63) is 52.5 Å². The van der Waals surface area contributed by atoms with E-state index < -0.39 is 0 Å². The average molecular weight is 306 g/mol. The molecule has 0 bridgehead atoms. The van der Waals surface area contributed by atoms with Crippen molar-refractivity contribution in [2.75, 3.05) is 0 Å². The summed E-state index contributed by atoms with van der Waals surface area (Å²) in [6, 6.07) is 13.8. The van der Waals surface area contributed by atoms with Crippen molar-refractivity contribution in [2.24, 2.45) is 0 Å². The van der Waals surface area contributed by atoms with Crippen LogP contribution in [0.4, 0.5) is 0 Å². The summed E-state index contributed by atoms with van der Waals surface area (Å²) in [6.07, 6.45) is 0. The van der Waals surface area contributed by atoms with Crippen molar-refractivity contribution < 1.29 is 5.11 Å². The second-order valence-corrected chi connectivity index (χ2v) is 5.44. The number of benzene rings is 2. The molecule has 0 aliphatic rings. The van der Waals surface area contributed by atoms with Gasteiger partial charge in [0.15, 0.2) is 5.75 Å². The minimum absolute atomic E-state index is 0.0729. The number of para-hydroxylation sites is 1. The molecule has 0 saturated heterocycles. The first-order chi connectivity index (χ1) is 9.61. The second-order valence-electron chi connectivity index (χ2n) is 4.62. The van der Waals surface area contributed by atoms with E-state index in [1.54, 1.807) is 12.1 Å². The number of phenols is 1. The highest BCUT2D eigenvalue weighted by Gasteiger charge is 2.13. The Hall–Kier alpha value is -1.64. The van der Waals surface area contributed by atoms with E-state index >= 15 is 0 Å². The van der Waals surface area contributed by atoms with Gasteiger partial charge in [-0.25, -0.2) is 0 Å². The summed E-state index contributed by atoms with van der Waals surface area (Å²) >= 11 is 12.0. The summed E-state index contributed by atoms with van der Waals surface area (Å²) in [5, 5.41) is 11.4. The fourth-order valence-electron chi connectivity index (χ4n) is 2.50. The summed E-state index contributed by atoms with van der Waals surface area (Å²) in [4.78, 5) is 0. The van der Waals surface area contributed by atoms with Crippen LogP contribution in [0.1, 0.15) is 6.92 Å². The van der Waals surface area contributed by atoms with Crippen LogP contribution in [-0.4, -0.2) is 9.67 Å². The van der Waals surface area contributed by atoms with Gasteiger partial charge in [0.05, 0.1) is 10.0 Å². The largest absolute Gasteiger partial charge is 0.505 e. The molecular formula is C16H13Cl2NO. The van der Waals surface area contributed by atoms with Gasteiger partial charge in [0.25, 0.3) is 0 Å². The number of fused-ring (bicyclic) bond motifs is 1. The molecular weight excluding hydrogens is 293 g/mol. The standard InChI is InChI=1S/C16H13Cl2NO/c1-2-19-14-6-4-3-5-10(14)9-15(19)11-7-12(17)16(20)13(18)8-11/h3-9,20H,2H2,1H3. The monoisotopic (exact) mass is 305 g/mol. The number of phenolic OH excluding ortho intramolecular Hbond substituents is 1. The van der Waals surface area contributed by atoms with Crippen LogP contribution in [0.2, 0.25) is 10.0 Å². The molecule has 2 nitrogen and oxygen atoms in total. The number of hydrogen-bond acceptors (Lipinski definition) is 1. The number of aromatic hydroxyl groups is 1. The lowest BCUT2D eigenvalue weighted by Crippen LogP contribution is -1.96. The molecule has 3 rings (SSSR count). The third-order valence-electron chi connectivity index (χ3n) is 3.44. The summed E-state index contributed by atoms with van der Waals surface area (Å²) in [5.74, 6) is -0.0729. The molecule has 0 radical (unpaired) electrons. The van der Waals surface area contributed by atoms with E-state index in [2.05, 4.69) is 29.7 Å². The highest BCUT2D eigenvalue weighted by Crippen LogP contribution is 2.38. The molecule has 0 aliphatic carbocycles. The van der Waals surface area contributed by atoms with Crippen LogP contribution < -0.4 is 0 Å². The van der Waals surface area contributed by atoms with Gasteiger partial charge >= 0.3 is 0 Å². The minimum Gasteiger partial charge on any atom is -0.505 e. The third kappa shape index (κ3) is 2.05. The quantitative estimate of drug-likeness (QED) is 0.679. The SMILES string of the molecule is CCn1c(-c2cc(Cl)c(O)c(Cl)c2)cc2ccccc21. The van der Waals surface area contributed by atoms with Crippen LogP contribution in [0.5, 0.6) is 5.75 Å². The number of hydrogen-bond donors (Lipinski definition) is 1. The molecule has 0 fully saturated rings. The number of aromatic nitrogens is 1. The summed E-state index contributed by atoms with van der Waals surface area (Å²) in [5.41, 5.74) is 3.11. The Morgan fingerprint density at radius 3 is 2.35 bits per heavy atom. The molecule has 0 aliphatic heterocycles. The number of halogens is 2. The Balaban J connectivity index is 2.29. The normalized spacial score (nSPS) is 11.2. The molecule has 2 aromatic carbocycles. The number of nitrogens with zero attached hydrogens (tertiary/aromatic N) is 1. The van der Waals surface area contributed by atoms with Crippen LogP contribution >= 0.6 is 23.2 Å². The van der Waals surface area contributed by atoms with Crippen molar-refractivity contribution in [1.29, 1.82) is 0 Å². The van der Waals surface area contributed by atoms with Crippen LogP contribution in [0.25, 0.3) is 22.2 Å². The maximum Gasteiger partial charge on any atom is 0.152 e. The summed E-state index contributed by atoms with van der Waals surface area (Å²) in [7, 11) is 0. The third-order valence-corrected chi connectivity index (χ3v) is 4.02. The molecule has 4 heteroatoms. The lowest BCUT2D eigenvalue weighted by atomic mass is 10.1. The smallest absolute Gasteiger partial charge is 0.152 e. The van der Waals surface area contributed by atoms with Crippen LogP contribution in [0.3, 0.4) is 0 Å². The zero-order valence-electron chi connectivity index (χ0n) is 10.9. The van der Waals surface area contributed by atoms with Crippen LogP contribution in [0, 0.1) is 0 Å². The molecule has 20 heavy (non-hydrogen) atoms. The summed E-state index contributed by atoms with van der Waals surface area (Å²) < 4.78 is 2.20. The molecule has 1 heterocycles. The first kappa shape index (κ1) is 13.3. The molecule has 0 atom stereocenters. The van der Waals surface area contributed by atoms with Crippen LogP contribution in [0.15, 0.2) is 42.5 Å². The maximum atomic E-state index is 9.67. The Labute approximate surface area is 127 Å². The van der Waals surface area contributed by atoms with E-state index in [0.717, 1.165) is 17.8 Å². The zero-order valence-corrected chi connectivity index (χ0v) is 12.4. The molecule has 3 aromatic rings. The second kappa shape index (κ2) is 5.04. The van der Waals surface area contributed by atoms with E-state index in [-0.39, 0.29) is 15.8 Å². The first-order valence-corrected chi connectivity index (χ1v) is 7.14. The van der Waals surface area contributed by atoms with E-state index in [1.807, 2.05) is 12.1 Å². The van der Waals surface area contributed by atoms with E-state index in [1.165, 1.54) is 10.9 Å². The lowest BCUT2D eigenvalue weighted by Gasteiger charge is -2.10. The fraction of sp³-hybridized carbons (Fsp3) is 0.125. The number of aryl methyl sites for hydroxylation is 1. The Kier molecular flexibility index (Phi) is 3.36. The van der Waals surface area contributed by atoms with E-state index in [9.17, 15) is 5.11 Å². The highest BCUT2D eigenvalue weighted by molar-refractivity contribution is 6.37. The molecule has 0 unspecified atom stereocenters. The van der Waals surface area contributed by atoms with Gasteiger partial charge in [-0.2, -0.15) is 0 Å². The zero-order chi connectivity index (χ0) is 14.3. The highest BCUT2D eigenvalue weighted by atomic mass is 35.5. The molecule has 1 aromatic heterocycles. The Bertz CT molecular complexity index is 769. The van der Waals surface area contributed by atoms with Gasteiger partial charge in [0.2, 0.25) is 0 Å². The molecule has 0 amide bonds.